The number of hydrogen-bond acceptors (Lipinski definition) is 4. The molecule has 1 rings (SSSR count). The molecule has 0 saturated heterocycles. The van der Waals surface area contributed by atoms with E-state index in [1.165, 1.54) is 0 Å². The summed E-state index contributed by atoms with van der Waals surface area (Å²) in [6.45, 7) is 4.10. The molecule has 1 aromatic carbocycles. The molecule has 0 amide bonds. The Bertz CT molecular complexity index is 473. The molecule has 5 heteroatoms. The number of aliphatic hydroxyl groups is 1. The van der Waals surface area contributed by atoms with E-state index in [9.17, 15) is 13.5 Å². The van der Waals surface area contributed by atoms with Gasteiger partial charge in [0.25, 0.3) is 0 Å². The fourth-order valence-corrected chi connectivity index (χ4v) is 2.73. The van der Waals surface area contributed by atoms with Crippen LogP contribution in [0.4, 0.5) is 0 Å². The van der Waals surface area contributed by atoms with Crippen LogP contribution in [-0.2, 0) is 15.4 Å². The molecule has 0 bridgehead atoms. The van der Waals surface area contributed by atoms with Crippen molar-refractivity contribution in [3.05, 3.63) is 35.9 Å². The normalized spacial score (nSPS) is 15.1. The van der Waals surface area contributed by atoms with Crippen LogP contribution < -0.4 is 5.32 Å². The number of aliphatic hydroxyl groups excluding tert-OH is 1. The first-order valence-corrected chi connectivity index (χ1v) is 8.37. The quantitative estimate of drug-likeness (QED) is 0.707. The van der Waals surface area contributed by atoms with Crippen LogP contribution in [-0.4, -0.2) is 38.2 Å². The lowest BCUT2D eigenvalue weighted by Crippen LogP contribution is -2.43. The number of nitrogens with one attached hydrogen (secondary N) is 1. The molecular formula is C14H23NO3S. The van der Waals surface area contributed by atoms with Gasteiger partial charge < -0.3 is 10.4 Å². The first-order valence-electron chi connectivity index (χ1n) is 6.55. The van der Waals surface area contributed by atoms with Gasteiger partial charge in [0.05, 0.1) is 17.9 Å². The topological polar surface area (TPSA) is 66.4 Å². The van der Waals surface area contributed by atoms with Gasteiger partial charge >= 0.3 is 0 Å². The maximum Gasteiger partial charge on any atom is 0.150 e. The maximum atomic E-state index is 11.4. The molecular weight excluding hydrogens is 262 g/mol. The zero-order valence-corrected chi connectivity index (χ0v) is 12.4. The van der Waals surface area contributed by atoms with Crippen LogP contribution in [0.25, 0.3) is 0 Å². The van der Waals surface area contributed by atoms with Crippen molar-refractivity contribution in [1.29, 1.82) is 0 Å². The Morgan fingerprint density at radius 3 is 2.42 bits per heavy atom. The molecule has 0 aromatic heterocycles. The van der Waals surface area contributed by atoms with Crippen LogP contribution in [0.5, 0.6) is 0 Å². The highest BCUT2D eigenvalue weighted by Gasteiger charge is 2.24. The van der Waals surface area contributed by atoms with Gasteiger partial charge in [-0.3, -0.25) is 0 Å². The van der Waals surface area contributed by atoms with Crippen LogP contribution >= 0.6 is 0 Å². The molecule has 0 aliphatic heterocycles. The molecule has 0 saturated carbocycles. The first-order chi connectivity index (χ1) is 8.93. The molecule has 4 nitrogen and oxygen atoms in total. The van der Waals surface area contributed by atoms with Gasteiger partial charge in [0.1, 0.15) is 9.84 Å². The molecule has 108 valence electrons. The van der Waals surface area contributed by atoms with E-state index in [2.05, 4.69) is 5.32 Å². The van der Waals surface area contributed by atoms with E-state index in [0.29, 0.717) is 13.0 Å². The average Bonchev–Trinajstić information content (AvgIpc) is 2.44. The van der Waals surface area contributed by atoms with Crippen molar-refractivity contribution >= 4 is 9.84 Å². The predicted molar refractivity (Wildman–Crippen MR) is 77.8 cm³/mol. The Morgan fingerprint density at radius 1 is 1.26 bits per heavy atom. The Hall–Kier alpha value is -0.910. The number of hydrogen-bond donors (Lipinski definition) is 2. The highest BCUT2D eigenvalue weighted by Crippen LogP contribution is 2.19. The van der Waals surface area contributed by atoms with Gasteiger partial charge in [-0.05, 0) is 25.5 Å². The average molecular weight is 285 g/mol. The zero-order valence-electron chi connectivity index (χ0n) is 11.6. The predicted octanol–water partition coefficient (Wildman–Crippen LogP) is 1.31. The number of benzene rings is 1. The summed E-state index contributed by atoms with van der Waals surface area (Å²) in [7, 11) is -2.91. The zero-order chi connectivity index (χ0) is 14.4. The Kier molecular flexibility index (Phi) is 5.97. The number of rotatable bonds is 8. The third-order valence-corrected chi connectivity index (χ3v) is 5.10. The molecule has 0 radical (unpaired) electrons. The van der Waals surface area contributed by atoms with Crippen molar-refractivity contribution in [1.82, 2.24) is 5.32 Å². The van der Waals surface area contributed by atoms with Gasteiger partial charge in [0.2, 0.25) is 0 Å². The van der Waals surface area contributed by atoms with E-state index in [1.54, 1.807) is 6.92 Å². The van der Waals surface area contributed by atoms with Crippen LogP contribution in [0.3, 0.4) is 0 Å². The fraction of sp³-hybridized carbons (Fsp3) is 0.571. The lowest BCUT2D eigenvalue weighted by Gasteiger charge is -2.29. The standard InChI is InChI=1S/C14H23NO3S/c1-3-19(17,18)11-7-10-15-14(2,12-16)13-8-5-4-6-9-13/h4-6,8-9,15-16H,3,7,10-12H2,1-2H3. The van der Waals surface area contributed by atoms with E-state index in [-0.39, 0.29) is 18.1 Å². The molecule has 0 spiro atoms. The molecule has 2 N–H and O–H groups in total. The number of sulfone groups is 1. The second-order valence-electron chi connectivity index (χ2n) is 4.87. The minimum atomic E-state index is -2.91. The van der Waals surface area contributed by atoms with Gasteiger partial charge in [-0.1, -0.05) is 37.3 Å². The summed E-state index contributed by atoms with van der Waals surface area (Å²) in [6, 6.07) is 9.67. The highest BCUT2D eigenvalue weighted by molar-refractivity contribution is 7.91. The molecule has 0 heterocycles. The van der Waals surface area contributed by atoms with Crippen molar-refractivity contribution in [2.24, 2.45) is 0 Å². The van der Waals surface area contributed by atoms with Gasteiger partial charge in [-0.25, -0.2) is 8.42 Å². The summed E-state index contributed by atoms with van der Waals surface area (Å²) in [5, 5.41) is 12.8. The summed E-state index contributed by atoms with van der Waals surface area (Å²) in [5.74, 6) is 0.371. The summed E-state index contributed by atoms with van der Waals surface area (Å²) >= 11 is 0. The van der Waals surface area contributed by atoms with Crippen LogP contribution in [0, 0.1) is 0 Å². The van der Waals surface area contributed by atoms with Gasteiger partial charge in [0.15, 0.2) is 0 Å². The van der Waals surface area contributed by atoms with Crippen LogP contribution in [0.1, 0.15) is 25.8 Å². The summed E-state index contributed by atoms with van der Waals surface area (Å²) in [4.78, 5) is 0. The van der Waals surface area contributed by atoms with Crippen molar-refractivity contribution in [3.8, 4) is 0 Å². The summed E-state index contributed by atoms with van der Waals surface area (Å²) in [5.41, 5.74) is 0.466. The monoisotopic (exact) mass is 285 g/mol. The Morgan fingerprint density at radius 2 is 1.89 bits per heavy atom. The maximum absolute atomic E-state index is 11.4. The third-order valence-electron chi connectivity index (χ3n) is 3.31. The van der Waals surface area contributed by atoms with E-state index in [1.807, 2.05) is 37.3 Å². The van der Waals surface area contributed by atoms with E-state index in [4.69, 9.17) is 0 Å². The molecule has 0 fully saturated rings. The molecule has 1 aromatic rings. The van der Waals surface area contributed by atoms with Gasteiger partial charge in [-0.2, -0.15) is 0 Å². The van der Waals surface area contributed by atoms with Crippen molar-refractivity contribution in [3.63, 3.8) is 0 Å². The minimum Gasteiger partial charge on any atom is -0.394 e. The van der Waals surface area contributed by atoms with Crippen LogP contribution in [0.15, 0.2) is 30.3 Å². The first kappa shape index (κ1) is 16.1. The lowest BCUT2D eigenvalue weighted by molar-refractivity contribution is 0.175. The smallest absolute Gasteiger partial charge is 0.150 e. The highest BCUT2D eigenvalue weighted by atomic mass is 32.2. The van der Waals surface area contributed by atoms with Crippen molar-refractivity contribution in [2.75, 3.05) is 24.7 Å². The van der Waals surface area contributed by atoms with E-state index < -0.39 is 15.4 Å². The van der Waals surface area contributed by atoms with E-state index >= 15 is 0 Å². The van der Waals surface area contributed by atoms with Gasteiger partial charge in [-0.15, -0.1) is 0 Å². The fourth-order valence-electron chi connectivity index (χ4n) is 1.86. The Labute approximate surface area is 115 Å². The second-order valence-corrected chi connectivity index (χ2v) is 7.35. The molecule has 0 aliphatic carbocycles. The van der Waals surface area contributed by atoms with E-state index in [0.717, 1.165) is 5.56 Å². The lowest BCUT2D eigenvalue weighted by atomic mass is 9.93. The SMILES string of the molecule is CCS(=O)(=O)CCCNC(C)(CO)c1ccccc1. The molecule has 19 heavy (non-hydrogen) atoms. The minimum absolute atomic E-state index is 0.0302. The summed E-state index contributed by atoms with van der Waals surface area (Å²) in [6.07, 6.45) is 0.554. The summed E-state index contributed by atoms with van der Waals surface area (Å²) < 4.78 is 22.8. The van der Waals surface area contributed by atoms with Crippen molar-refractivity contribution < 1.29 is 13.5 Å². The van der Waals surface area contributed by atoms with Crippen LogP contribution in [0.2, 0.25) is 0 Å². The third kappa shape index (κ3) is 4.93. The van der Waals surface area contributed by atoms with Gasteiger partial charge in [0, 0.05) is 5.75 Å². The largest absolute Gasteiger partial charge is 0.394 e. The Balaban J connectivity index is 2.54. The second kappa shape index (κ2) is 7.03. The molecule has 1 atom stereocenters. The molecule has 1 unspecified atom stereocenters. The molecule has 0 aliphatic rings. The van der Waals surface area contributed by atoms with Crippen molar-refractivity contribution in [2.45, 2.75) is 25.8 Å².